The van der Waals surface area contributed by atoms with Crippen molar-refractivity contribution in [1.82, 2.24) is 10.2 Å². The summed E-state index contributed by atoms with van der Waals surface area (Å²) < 4.78 is 10.6. The van der Waals surface area contributed by atoms with Crippen molar-refractivity contribution in [2.24, 2.45) is 0 Å². The molecule has 4 rings (SSSR count). The van der Waals surface area contributed by atoms with Crippen molar-refractivity contribution in [2.75, 3.05) is 39.2 Å². The number of hydrogen-bond donors (Lipinski definition) is 2. The predicted octanol–water partition coefficient (Wildman–Crippen LogP) is 4.00. The first-order chi connectivity index (χ1) is 16.0. The molecular formula is C25H29N3O4S. The highest BCUT2D eigenvalue weighted by Gasteiger charge is 2.25. The Bertz CT molecular complexity index is 1090. The molecule has 2 aliphatic heterocycles. The Morgan fingerprint density at radius 1 is 1.21 bits per heavy atom. The maximum atomic E-state index is 12.7. The normalized spacial score (nSPS) is 19.2. The lowest BCUT2D eigenvalue weighted by atomic mass is 10.1. The Balaban J connectivity index is 1.46. The van der Waals surface area contributed by atoms with Crippen LogP contribution in [0.5, 0.6) is 11.5 Å². The van der Waals surface area contributed by atoms with Gasteiger partial charge in [0.1, 0.15) is 0 Å². The minimum atomic E-state index is -0.204. The average molecular weight is 468 g/mol. The van der Waals surface area contributed by atoms with Crippen molar-refractivity contribution in [3.05, 3.63) is 52.4 Å². The molecule has 2 amide bonds. The van der Waals surface area contributed by atoms with Crippen LogP contribution < -0.4 is 20.1 Å². The van der Waals surface area contributed by atoms with E-state index in [-0.39, 0.29) is 11.8 Å². The molecule has 1 saturated heterocycles. The lowest BCUT2D eigenvalue weighted by molar-refractivity contribution is -0.112. The van der Waals surface area contributed by atoms with Crippen molar-refractivity contribution in [2.45, 2.75) is 30.7 Å². The highest BCUT2D eigenvalue weighted by molar-refractivity contribution is 8.04. The standard InChI is InChI=1S/C25H29N3O4S/c1-4-28-11-5-6-18(28)15-26-24(29)17-8-10-22-19(14-17)27-25(30)23(33-22)13-16-7-9-20(31-2)21(12-16)32-3/h7-10,12-14,18H,4-6,11,15H2,1-3H3,(H,26,29)(H,27,30). The number of nitrogens with one attached hydrogen (secondary N) is 2. The number of likely N-dealkylation sites (N-methyl/N-ethyl adjacent to an activating group) is 1. The van der Waals surface area contributed by atoms with E-state index in [2.05, 4.69) is 22.5 Å². The number of fused-ring (bicyclic) bond motifs is 1. The quantitative estimate of drug-likeness (QED) is 0.599. The number of rotatable bonds is 7. The zero-order valence-corrected chi connectivity index (χ0v) is 20.0. The zero-order valence-electron chi connectivity index (χ0n) is 19.1. The van der Waals surface area contributed by atoms with Crippen LogP contribution in [0.3, 0.4) is 0 Å². The summed E-state index contributed by atoms with van der Waals surface area (Å²) in [5, 5.41) is 5.97. The van der Waals surface area contributed by atoms with Crippen LogP contribution >= 0.6 is 11.8 Å². The van der Waals surface area contributed by atoms with E-state index in [4.69, 9.17) is 9.47 Å². The fourth-order valence-corrected chi connectivity index (χ4v) is 5.18. The van der Waals surface area contributed by atoms with Crippen molar-refractivity contribution in [1.29, 1.82) is 0 Å². The molecule has 7 nitrogen and oxygen atoms in total. The van der Waals surface area contributed by atoms with E-state index in [9.17, 15) is 9.59 Å². The van der Waals surface area contributed by atoms with Gasteiger partial charge < -0.3 is 20.1 Å². The second kappa shape index (κ2) is 10.3. The van der Waals surface area contributed by atoms with E-state index >= 15 is 0 Å². The highest BCUT2D eigenvalue weighted by atomic mass is 32.2. The van der Waals surface area contributed by atoms with Gasteiger partial charge in [-0.2, -0.15) is 0 Å². The summed E-state index contributed by atoms with van der Waals surface area (Å²) in [4.78, 5) is 29.3. The number of thioether (sulfide) groups is 1. The Hall–Kier alpha value is -2.97. The molecule has 1 fully saturated rings. The molecule has 33 heavy (non-hydrogen) atoms. The summed E-state index contributed by atoms with van der Waals surface area (Å²) in [6, 6.07) is 11.3. The first kappa shape index (κ1) is 23.2. The monoisotopic (exact) mass is 467 g/mol. The molecular weight excluding hydrogens is 438 g/mol. The fraction of sp³-hybridized carbons (Fsp3) is 0.360. The highest BCUT2D eigenvalue weighted by Crippen LogP contribution is 2.40. The van der Waals surface area contributed by atoms with Gasteiger partial charge in [-0.05, 0) is 67.9 Å². The van der Waals surface area contributed by atoms with E-state index in [0.717, 1.165) is 30.0 Å². The zero-order chi connectivity index (χ0) is 23.4. The molecule has 2 N–H and O–H groups in total. The van der Waals surface area contributed by atoms with Crippen LogP contribution in [0.15, 0.2) is 46.2 Å². The third-order valence-corrected chi connectivity index (χ3v) is 7.14. The molecule has 1 unspecified atom stereocenters. The van der Waals surface area contributed by atoms with Gasteiger partial charge in [0.2, 0.25) is 0 Å². The molecule has 0 aromatic heterocycles. The van der Waals surface area contributed by atoms with Crippen molar-refractivity contribution >= 4 is 35.3 Å². The number of anilines is 1. The number of ether oxygens (including phenoxy) is 2. The summed E-state index contributed by atoms with van der Waals surface area (Å²) in [6.07, 6.45) is 4.10. The topological polar surface area (TPSA) is 79.9 Å². The third-order valence-electron chi connectivity index (χ3n) is 6.04. The number of benzene rings is 2. The molecule has 1 atom stereocenters. The minimum Gasteiger partial charge on any atom is -0.493 e. The SMILES string of the molecule is CCN1CCCC1CNC(=O)c1ccc2c(c1)NC(=O)C(=Cc1ccc(OC)c(OC)c1)S2. The number of carbonyl (C=O) groups is 2. The Morgan fingerprint density at radius 3 is 2.79 bits per heavy atom. The van der Waals surface area contributed by atoms with Crippen molar-refractivity contribution in [3.63, 3.8) is 0 Å². The fourth-order valence-electron chi connectivity index (χ4n) is 4.25. The number of methoxy groups -OCH3 is 2. The van der Waals surface area contributed by atoms with Crippen LogP contribution in [-0.4, -0.2) is 56.6 Å². The lowest BCUT2D eigenvalue weighted by Crippen LogP contribution is -2.40. The molecule has 2 aromatic rings. The summed E-state index contributed by atoms with van der Waals surface area (Å²) in [5.74, 6) is 0.909. The maximum absolute atomic E-state index is 12.7. The Morgan fingerprint density at radius 2 is 2.03 bits per heavy atom. The summed E-state index contributed by atoms with van der Waals surface area (Å²) in [7, 11) is 3.16. The van der Waals surface area contributed by atoms with Gasteiger partial charge in [-0.1, -0.05) is 24.8 Å². The Kier molecular flexibility index (Phi) is 7.25. The van der Waals surface area contributed by atoms with E-state index in [1.807, 2.05) is 24.3 Å². The van der Waals surface area contributed by atoms with Crippen LogP contribution in [0.4, 0.5) is 5.69 Å². The van der Waals surface area contributed by atoms with Crippen LogP contribution in [-0.2, 0) is 4.79 Å². The van der Waals surface area contributed by atoms with E-state index in [1.54, 1.807) is 32.4 Å². The first-order valence-corrected chi connectivity index (χ1v) is 11.9. The molecule has 0 saturated carbocycles. The van der Waals surface area contributed by atoms with Crippen molar-refractivity contribution in [3.8, 4) is 11.5 Å². The summed E-state index contributed by atoms with van der Waals surface area (Å²) in [6.45, 7) is 4.89. The van der Waals surface area contributed by atoms with Crippen molar-refractivity contribution < 1.29 is 19.1 Å². The van der Waals surface area contributed by atoms with Crippen LogP contribution in [0.2, 0.25) is 0 Å². The van der Waals surface area contributed by atoms with Gasteiger partial charge >= 0.3 is 0 Å². The van der Waals surface area contributed by atoms with Gasteiger partial charge in [0.25, 0.3) is 11.8 Å². The number of nitrogens with zero attached hydrogens (tertiary/aromatic N) is 1. The summed E-state index contributed by atoms with van der Waals surface area (Å²) >= 11 is 1.38. The number of likely N-dealkylation sites (tertiary alicyclic amines) is 1. The van der Waals surface area contributed by atoms with Crippen LogP contribution in [0.1, 0.15) is 35.7 Å². The largest absolute Gasteiger partial charge is 0.493 e. The van der Waals surface area contributed by atoms with E-state index in [0.29, 0.717) is 40.2 Å². The molecule has 0 bridgehead atoms. The lowest BCUT2D eigenvalue weighted by Gasteiger charge is -2.23. The van der Waals surface area contributed by atoms with Gasteiger partial charge in [-0.3, -0.25) is 14.5 Å². The van der Waals surface area contributed by atoms with Gasteiger partial charge in [0.05, 0.1) is 24.8 Å². The summed E-state index contributed by atoms with van der Waals surface area (Å²) in [5.41, 5.74) is 2.03. The molecule has 174 valence electrons. The second-order valence-electron chi connectivity index (χ2n) is 8.02. The predicted molar refractivity (Wildman–Crippen MR) is 131 cm³/mol. The minimum absolute atomic E-state index is 0.119. The molecule has 0 radical (unpaired) electrons. The second-order valence-corrected chi connectivity index (χ2v) is 9.11. The van der Waals surface area contributed by atoms with Crippen LogP contribution in [0.25, 0.3) is 6.08 Å². The molecule has 0 aliphatic carbocycles. The smallest absolute Gasteiger partial charge is 0.262 e. The van der Waals surface area contributed by atoms with Gasteiger partial charge in [0, 0.05) is 23.0 Å². The van der Waals surface area contributed by atoms with Gasteiger partial charge in [-0.15, -0.1) is 0 Å². The third kappa shape index (κ3) is 5.17. The molecule has 8 heteroatoms. The maximum Gasteiger partial charge on any atom is 0.262 e. The molecule has 2 aliphatic rings. The molecule has 2 heterocycles. The Labute approximate surface area is 198 Å². The average Bonchev–Trinajstić information content (AvgIpc) is 3.30. The van der Waals surface area contributed by atoms with E-state index < -0.39 is 0 Å². The van der Waals surface area contributed by atoms with E-state index in [1.165, 1.54) is 18.2 Å². The molecule has 0 spiro atoms. The van der Waals surface area contributed by atoms with Crippen LogP contribution in [0, 0.1) is 0 Å². The van der Waals surface area contributed by atoms with Gasteiger partial charge in [0.15, 0.2) is 11.5 Å². The first-order valence-electron chi connectivity index (χ1n) is 11.1. The number of hydrogen-bond acceptors (Lipinski definition) is 6. The number of amides is 2. The molecule has 2 aromatic carbocycles. The van der Waals surface area contributed by atoms with Gasteiger partial charge in [-0.25, -0.2) is 0 Å². The number of carbonyl (C=O) groups excluding carboxylic acids is 2.